The van der Waals surface area contributed by atoms with Crippen molar-refractivity contribution in [2.45, 2.75) is 59.3 Å². The quantitative estimate of drug-likeness (QED) is 0.718. The molecule has 0 saturated carbocycles. The Labute approximate surface area is 151 Å². The second-order valence-corrected chi connectivity index (χ2v) is 7.48. The number of carbonyl (C=O) groups is 1. The summed E-state index contributed by atoms with van der Waals surface area (Å²) < 4.78 is 0. The van der Waals surface area contributed by atoms with Crippen molar-refractivity contribution in [2.24, 2.45) is 5.41 Å². The number of allylic oxidation sites excluding steroid dienone is 4. The molecule has 1 aliphatic carbocycles. The van der Waals surface area contributed by atoms with Crippen LogP contribution in [0, 0.1) is 17.3 Å². The number of aryl methyl sites for hydroxylation is 1. The maximum Gasteiger partial charge on any atom is 0.303 e. The molecule has 1 aromatic carbocycles. The first kappa shape index (κ1) is 19.1. The zero-order chi connectivity index (χ0) is 18.3. The van der Waals surface area contributed by atoms with E-state index in [2.05, 4.69) is 44.8 Å². The summed E-state index contributed by atoms with van der Waals surface area (Å²) in [6.07, 6.45) is 9.48. The van der Waals surface area contributed by atoms with Crippen molar-refractivity contribution in [3.63, 3.8) is 0 Å². The fraction of sp³-hybridized carbons (Fsp3) is 0.435. The summed E-state index contributed by atoms with van der Waals surface area (Å²) in [5.41, 5.74) is 5.27. The third-order valence-electron chi connectivity index (χ3n) is 4.88. The molecule has 0 radical (unpaired) electrons. The molecule has 0 aliphatic heterocycles. The molecule has 1 aromatic rings. The fourth-order valence-electron chi connectivity index (χ4n) is 3.51. The van der Waals surface area contributed by atoms with E-state index in [0.717, 1.165) is 17.5 Å². The highest BCUT2D eigenvalue weighted by Gasteiger charge is 2.26. The summed E-state index contributed by atoms with van der Waals surface area (Å²) in [5, 5.41) is 8.72. The summed E-state index contributed by atoms with van der Waals surface area (Å²) in [6, 6.07) is 8.07. The predicted octanol–water partition coefficient (Wildman–Crippen LogP) is 5.53. The van der Waals surface area contributed by atoms with E-state index < -0.39 is 5.97 Å². The molecule has 0 saturated heterocycles. The molecule has 2 heteroatoms. The van der Waals surface area contributed by atoms with Gasteiger partial charge in [-0.2, -0.15) is 0 Å². The first-order chi connectivity index (χ1) is 11.9. The Balaban J connectivity index is 2.02. The van der Waals surface area contributed by atoms with Crippen molar-refractivity contribution in [3.05, 3.63) is 58.7 Å². The van der Waals surface area contributed by atoms with E-state index in [-0.39, 0.29) is 11.8 Å². The highest BCUT2D eigenvalue weighted by molar-refractivity contribution is 5.66. The van der Waals surface area contributed by atoms with Crippen LogP contribution in [0.4, 0.5) is 0 Å². The van der Waals surface area contributed by atoms with E-state index in [1.54, 1.807) is 0 Å². The van der Waals surface area contributed by atoms with Crippen molar-refractivity contribution >= 4 is 5.97 Å². The van der Waals surface area contributed by atoms with Gasteiger partial charge in [-0.05, 0) is 73.8 Å². The Hall–Kier alpha value is -2.27. The topological polar surface area (TPSA) is 37.3 Å². The lowest BCUT2D eigenvalue weighted by molar-refractivity contribution is -0.137. The van der Waals surface area contributed by atoms with Crippen LogP contribution in [0.1, 0.15) is 64.0 Å². The highest BCUT2D eigenvalue weighted by atomic mass is 16.4. The molecule has 2 rings (SSSR count). The second kappa shape index (κ2) is 8.72. The maximum absolute atomic E-state index is 10.6. The lowest BCUT2D eigenvalue weighted by atomic mass is 9.73. The molecule has 0 fully saturated rings. The molecule has 1 N–H and O–H groups in total. The van der Waals surface area contributed by atoms with Crippen LogP contribution in [0.5, 0.6) is 0 Å². The van der Waals surface area contributed by atoms with Crippen LogP contribution in [0.25, 0.3) is 0 Å². The van der Waals surface area contributed by atoms with Crippen molar-refractivity contribution in [1.82, 2.24) is 0 Å². The number of carboxylic acid groups (broad SMARTS) is 1. The van der Waals surface area contributed by atoms with Crippen LogP contribution < -0.4 is 0 Å². The average molecular weight is 336 g/mol. The zero-order valence-electron chi connectivity index (χ0n) is 15.6. The monoisotopic (exact) mass is 336 g/mol. The zero-order valence-corrected chi connectivity index (χ0v) is 15.6. The third-order valence-corrected chi connectivity index (χ3v) is 4.88. The molecule has 0 bridgehead atoms. The van der Waals surface area contributed by atoms with Crippen LogP contribution >= 0.6 is 0 Å². The molecular weight excluding hydrogens is 308 g/mol. The summed E-state index contributed by atoms with van der Waals surface area (Å²) in [6.45, 7) is 6.85. The van der Waals surface area contributed by atoms with Gasteiger partial charge in [0.05, 0.1) is 0 Å². The lowest BCUT2D eigenvalue weighted by Gasteiger charge is -2.32. The van der Waals surface area contributed by atoms with Crippen molar-refractivity contribution < 1.29 is 9.90 Å². The third kappa shape index (κ3) is 5.94. The maximum atomic E-state index is 10.6. The van der Waals surface area contributed by atoms with Crippen LogP contribution in [-0.2, 0) is 11.2 Å². The van der Waals surface area contributed by atoms with Gasteiger partial charge in [0.15, 0.2) is 0 Å². The average Bonchev–Trinajstić information content (AvgIpc) is 2.53. The predicted molar refractivity (Wildman–Crippen MR) is 103 cm³/mol. The molecule has 1 aliphatic rings. The van der Waals surface area contributed by atoms with Crippen molar-refractivity contribution in [3.8, 4) is 11.8 Å². The van der Waals surface area contributed by atoms with Gasteiger partial charge in [0.2, 0.25) is 0 Å². The van der Waals surface area contributed by atoms with E-state index in [4.69, 9.17) is 5.11 Å². The smallest absolute Gasteiger partial charge is 0.303 e. The molecule has 2 nitrogen and oxygen atoms in total. The Bertz CT molecular complexity index is 739. The number of hydrogen-bond donors (Lipinski definition) is 1. The van der Waals surface area contributed by atoms with E-state index >= 15 is 0 Å². The van der Waals surface area contributed by atoms with E-state index in [1.165, 1.54) is 30.4 Å². The summed E-state index contributed by atoms with van der Waals surface area (Å²) in [4.78, 5) is 10.6. The number of carboxylic acids is 1. The van der Waals surface area contributed by atoms with E-state index in [9.17, 15) is 4.79 Å². The number of aliphatic carboxylic acids is 1. The van der Waals surface area contributed by atoms with Gasteiger partial charge in [-0.15, -0.1) is 0 Å². The molecule has 0 atom stereocenters. The molecule has 0 unspecified atom stereocenters. The van der Waals surface area contributed by atoms with Crippen LogP contribution in [0.2, 0.25) is 0 Å². The Morgan fingerprint density at radius 3 is 2.88 bits per heavy atom. The van der Waals surface area contributed by atoms with Gasteiger partial charge in [-0.1, -0.05) is 49.5 Å². The van der Waals surface area contributed by atoms with Gasteiger partial charge in [-0.25, -0.2) is 0 Å². The first-order valence-corrected chi connectivity index (χ1v) is 9.07. The molecule has 132 valence electrons. The minimum absolute atomic E-state index is 0.211. The van der Waals surface area contributed by atoms with Gasteiger partial charge in [-0.3, -0.25) is 4.79 Å². The minimum atomic E-state index is -0.740. The standard InChI is InChI=1S/C23H28O2/c1-18-9-8-16-23(2,3)21(18)14-5-4-10-19-11-6-12-20(17-19)13-7-15-22(24)25/h5-6,11-12,14,17H,7-9,13,15-16H2,1-3H3,(H,24,25). The van der Waals surface area contributed by atoms with Gasteiger partial charge >= 0.3 is 5.97 Å². The van der Waals surface area contributed by atoms with E-state index in [0.29, 0.717) is 6.42 Å². The van der Waals surface area contributed by atoms with Gasteiger partial charge in [0.25, 0.3) is 0 Å². The molecule has 0 heterocycles. The van der Waals surface area contributed by atoms with Crippen LogP contribution in [0.15, 0.2) is 47.6 Å². The molecule has 25 heavy (non-hydrogen) atoms. The molecule has 0 spiro atoms. The Morgan fingerprint density at radius 1 is 1.36 bits per heavy atom. The van der Waals surface area contributed by atoms with Gasteiger partial charge < -0.3 is 5.11 Å². The SMILES string of the molecule is CC1=C(C=CC#Cc2cccc(CCCC(=O)O)c2)C(C)(C)CCC1. The van der Waals surface area contributed by atoms with Crippen molar-refractivity contribution in [2.75, 3.05) is 0 Å². The molecular formula is C23H28O2. The fourth-order valence-corrected chi connectivity index (χ4v) is 3.51. The number of rotatable bonds is 5. The first-order valence-electron chi connectivity index (χ1n) is 9.07. The van der Waals surface area contributed by atoms with E-state index in [1.807, 2.05) is 24.3 Å². The molecule has 0 aromatic heterocycles. The number of benzene rings is 1. The van der Waals surface area contributed by atoms with Crippen LogP contribution in [-0.4, -0.2) is 11.1 Å². The summed E-state index contributed by atoms with van der Waals surface area (Å²) in [7, 11) is 0. The second-order valence-electron chi connectivity index (χ2n) is 7.48. The Morgan fingerprint density at radius 2 is 2.16 bits per heavy atom. The summed E-state index contributed by atoms with van der Waals surface area (Å²) in [5.74, 6) is 5.60. The number of hydrogen-bond acceptors (Lipinski definition) is 1. The minimum Gasteiger partial charge on any atom is -0.481 e. The largest absolute Gasteiger partial charge is 0.481 e. The highest BCUT2D eigenvalue weighted by Crippen LogP contribution is 2.40. The summed E-state index contributed by atoms with van der Waals surface area (Å²) >= 11 is 0. The molecule has 0 amide bonds. The van der Waals surface area contributed by atoms with Gasteiger partial charge in [0.1, 0.15) is 0 Å². The normalized spacial score (nSPS) is 16.6. The van der Waals surface area contributed by atoms with Gasteiger partial charge in [0, 0.05) is 12.0 Å². The van der Waals surface area contributed by atoms with Crippen LogP contribution in [0.3, 0.4) is 0 Å². The lowest BCUT2D eigenvalue weighted by Crippen LogP contribution is -2.18. The Kier molecular flexibility index (Phi) is 6.65. The van der Waals surface area contributed by atoms with Crippen molar-refractivity contribution in [1.29, 1.82) is 0 Å².